The van der Waals surface area contributed by atoms with Crippen molar-refractivity contribution in [1.29, 1.82) is 5.26 Å². The first kappa shape index (κ1) is 19.7. The van der Waals surface area contributed by atoms with Gasteiger partial charge in [-0.05, 0) is 37.8 Å². The van der Waals surface area contributed by atoms with E-state index < -0.39 is 0 Å². The van der Waals surface area contributed by atoms with E-state index in [1.54, 1.807) is 12.4 Å². The van der Waals surface area contributed by atoms with Crippen molar-refractivity contribution in [2.75, 3.05) is 11.9 Å². The van der Waals surface area contributed by atoms with Gasteiger partial charge in [0.2, 0.25) is 11.8 Å². The van der Waals surface area contributed by atoms with E-state index >= 15 is 0 Å². The summed E-state index contributed by atoms with van der Waals surface area (Å²) in [7, 11) is 0. The SMILES string of the molecule is N#Cc1cnc(N[C@@H]2CCC[C@H](n3cnc4cccnc43)C2)nc1-c1cnn2c1OCCC2. The first-order valence-electron chi connectivity index (χ1n) is 11.3. The zero-order valence-electron chi connectivity index (χ0n) is 18.1. The molecule has 33 heavy (non-hydrogen) atoms. The summed E-state index contributed by atoms with van der Waals surface area (Å²) in [6.45, 7) is 1.44. The van der Waals surface area contributed by atoms with Gasteiger partial charge >= 0.3 is 0 Å². The molecule has 0 saturated heterocycles. The highest BCUT2D eigenvalue weighted by Crippen LogP contribution is 2.34. The number of aromatic nitrogens is 7. The Morgan fingerprint density at radius 3 is 3.06 bits per heavy atom. The van der Waals surface area contributed by atoms with Crippen LogP contribution >= 0.6 is 0 Å². The summed E-state index contributed by atoms with van der Waals surface area (Å²) < 4.78 is 9.83. The number of hydrogen-bond donors (Lipinski definition) is 1. The van der Waals surface area contributed by atoms with Crippen LogP contribution in [0.1, 0.15) is 43.7 Å². The fraction of sp³-hybridized carbons (Fsp3) is 0.391. The van der Waals surface area contributed by atoms with E-state index in [0.717, 1.165) is 55.4 Å². The Hall–Kier alpha value is -4.00. The van der Waals surface area contributed by atoms with Crippen LogP contribution in [-0.4, -0.2) is 46.9 Å². The minimum Gasteiger partial charge on any atom is -0.477 e. The number of anilines is 1. The van der Waals surface area contributed by atoms with Crippen LogP contribution < -0.4 is 10.1 Å². The van der Waals surface area contributed by atoms with Crippen molar-refractivity contribution in [3.63, 3.8) is 0 Å². The van der Waals surface area contributed by atoms with Gasteiger partial charge in [0.1, 0.15) is 17.3 Å². The lowest BCUT2D eigenvalue weighted by atomic mass is 9.91. The maximum absolute atomic E-state index is 9.63. The molecule has 0 amide bonds. The largest absolute Gasteiger partial charge is 0.477 e. The van der Waals surface area contributed by atoms with Gasteiger partial charge in [-0.1, -0.05) is 0 Å². The topological polar surface area (TPSA) is 119 Å². The summed E-state index contributed by atoms with van der Waals surface area (Å²) in [6.07, 6.45) is 12.0. The lowest BCUT2D eigenvalue weighted by Crippen LogP contribution is -2.29. The summed E-state index contributed by atoms with van der Waals surface area (Å²) >= 11 is 0. The van der Waals surface area contributed by atoms with Crippen LogP contribution in [0.15, 0.2) is 37.1 Å². The van der Waals surface area contributed by atoms with Gasteiger partial charge in [-0.25, -0.2) is 24.6 Å². The van der Waals surface area contributed by atoms with Crippen molar-refractivity contribution in [3.05, 3.63) is 42.6 Å². The molecular formula is C23H23N9O. The average Bonchev–Trinajstić information content (AvgIpc) is 3.49. The quantitative estimate of drug-likeness (QED) is 0.512. The number of nitriles is 1. The standard InChI is InChI=1S/C23H23N9O/c24-11-15-12-26-23(30-20(15)18-13-28-32-8-3-9-33-22(18)32)29-16-4-1-5-17(10-16)31-14-27-19-6-2-7-25-21(19)31/h2,6-7,12-14,16-17H,1,3-5,8-10H2,(H,26,29,30)/t16-,17+/m1/s1. The maximum Gasteiger partial charge on any atom is 0.223 e. The highest BCUT2D eigenvalue weighted by molar-refractivity contribution is 5.71. The smallest absolute Gasteiger partial charge is 0.223 e. The van der Waals surface area contributed by atoms with Crippen molar-refractivity contribution in [2.24, 2.45) is 0 Å². The van der Waals surface area contributed by atoms with Crippen LogP contribution in [0, 0.1) is 11.3 Å². The van der Waals surface area contributed by atoms with Crippen LogP contribution in [0.5, 0.6) is 5.88 Å². The second kappa shape index (κ2) is 8.16. The Labute approximate surface area is 190 Å². The number of pyridine rings is 1. The Kier molecular flexibility index (Phi) is 4.87. The predicted molar refractivity (Wildman–Crippen MR) is 121 cm³/mol. The third-order valence-corrected chi connectivity index (χ3v) is 6.41. The molecule has 1 N–H and O–H groups in total. The number of hydrogen-bond acceptors (Lipinski definition) is 8. The zero-order valence-corrected chi connectivity index (χ0v) is 18.1. The maximum atomic E-state index is 9.63. The molecule has 1 aliphatic carbocycles. The molecule has 5 heterocycles. The van der Waals surface area contributed by atoms with Gasteiger partial charge in [0, 0.05) is 31.2 Å². The summed E-state index contributed by atoms with van der Waals surface area (Å²) in [6, 6.07) is 6.62. The molecule has 2 aliphatic rings. The van der Waals surface area contributed by atoms with E-state index in [-0.39, 0.29) is 6.04 Å². The van der Waals surface area contributed by atoms with Gasteiger partial charge in [-0.2, -0.15) is 10.4 Å². The minimum absolute atomic E-state index is 0.211. The van der Waals surface area contributed by atoms with E-state index in [1.807, 2.05) is 29.3 Å². The molecule has 0 bridgehead atoms. The van der Waals surface area contributed by atoms with Crippen molar-refractivity contribution in [1.82, 2.24) is 34.3 Å². The van der Waals surface area contributed by atoms with E-state index in [1.165, 1.54) is 0 Å². The Morgan fingerprint density at radius 1 is 1.15 bits per heavy atom. The fourth-order valence-electron chi connectivity index (χ4n) is 4.83. The number of fused-ring (bicyclic) bond motifs is 2. The summed E-state index contributed by atoms with van der Waals surface area (Å²) in [5, 5.41) is 17.5. The molecule has 4 aromatic heterocycles. The first-order valence-corrected chi connectivity index (χ1v) is 11.3. The Bertz CT molecular complexity index is 1350. The molecule has 2 atom stereocenters. The predicted octanol–water partition coefficient (Wildman–Crippen LogP) is 3.33. The summed E-state index contributed by atoms with van der Waals surface area (Å²) in [4.78, 5) is 18.2. The number of ether oxygens (including phenoxy) is 1. The number of nitrogens with one attached hydrogen (secondary N) is 1. The van der Waals surface area contributed by atoms with Gasteiger partial charge in [0.15, 0.2) is 5.65 Å². The normalized spacial score (nSPS) is 20.1. The zero-order chi connectivity index (χ0) is 22.2. The lowest BCUT2D eigenvalue weighted by molar-refractivity contribution is 0.231. The van der Waals surface area contributed by atoms with Crippen molar-refractivity contribution >= 4 is 17.1 Å². The fourth-order valence-corrected chi connectivity index (χ4v) is 4.83. The molecule has 0 radical (unpaired) electrons. The second-order valence-electron chi connectivity index (χ2n) is 8.52. The highest BCUT2D eigenvalue weighted by Gasteiger charge is 2.26. The van der Waals surface area contributed by atoms with E-state index in [2.05, 4.69) is 36.0 Å². The van der Waals surface area contributed by atoms with E-state index in [9.17, 15) is 5.26 Å². The van der Waals surface area contributed by atoms with Gasteiger partial charge in [0.05, 0.1) is 36.5 Å². The van der Waals surface area contributed by atoms with Gasteiger partial charge in [-0.3, -0.25) is 0 Å². The second-order valence-corrected chi connectivity index (χ2v) is 8.52. The summed E-state index contributed by atoms with van der Waals surface area (Å²) in [5.74, 6) is 1.18. The monoisotopic (exact) mass is 441 g/mol. The van der Waals surface area contributed by atoms with E-state index in [4.69, 9.17) is 9.72 Å². The molecule has 10 nitrogen and oxygen atoms in total. The molecule has 166 valence electrons. The van der Waals surface area contributed by atoms with Crippen molar-refractivity contribution < 1.29 is 4.74 Å². The van der Waals surface area contributed by atoms with Crippen LogP contribution in [0.3, 0.4) is 0 Å². The third-order valence-electron chi connectivity index (χ3n) is 6.41. The average molecular weight is 441 g/mol. The number of aryl methyl sites for hydroxylation is 1. The van der Waals surface area contributed by atoms with Gasteiger partial charge < -0.3 is 14.6 Å². The Morgan fingerprint density at radius 2 is 2.12 bits per heavy atom. The van der Waals surface area contributed by atoms with Gasteiger partial charge in [-0.15, -0.1) is 0 Å². The molecule has 0 aromatic carbocycles. The minimum atomic E-state index is 0.211. The van der Waals surface area contributed by atoms with Gasteiger partial charge in [0.25, 0.3) is 0 Å². The van der Waals surface area contributed by atoms with Crippen LogP contribution in [0.25, 0.3) is 22.4 Å². The molecule has 6 rings (SSSR count). The summed E-state index contributed by atoms with van der Waals surface area (Å²) in [5.41, 5.74) is 3.53. The number of rotatable bonds is 4. The molecule has 0 spiro atoms. The molecule has 0 unspecified atom stereocenters. The van der Waals surface area contributed by atoms with Crippen molar-refractivity contribution in [3.8, 4) is 23.2 Å². The highest BCUT2D eigenvalue weighted by atomic mass is 16.5. The molecule has 1 saturated carbocycles. The number of imidazole rings is 1. The van der Waals surface area contributed by atoms with E-state index in [0.29, 0.717) is 35.7 Å². The molecule has 1 aliphatic heterocycles. The van der Waals surface area contributed by atoms with Crippen molar-refractivity contribution in [2.45, 2.75) is 50.7 Å². The molecule has 10 heteroatoms. The number of nitrogens with zero attached hydrogens (tertiary/aromatic N) is 8. The van der Waals surface area contributed by atoms with Crippen LogP contribution in [0.2, 0.25) is 0 Å². The lowest BCUT2D eigenvalue weighted by Gasteiger charge is -2.30. The first-order chi connectivity index (χ1) is 16.3. The Balaban J connectivity index is 1.26. The molecule has 4 aromatic rings. The molecule has 1 fully saturated rings. The van der Waals surface area contributed by atoms with Crippen LogP contribution in [0.4, 0.5) is 5.95 Å². The third kappa shape index (κ3) is 3.55. The molecular weight excluding hydrogens is 418 g/mol. The van der Waals surface area contributed by atoms with Crippen LogP contribution in [-0.2, 0) is 6.54 Å².